The number of hydrogen-bond acceptors (Lipinski definition) is 4. The zero-order valence-corrected chi connectivity index (χ0v) is 32.1. The van der Waals surface area contributed by atoms with Crippen LogP contribution in [-0.2, 0) is 0 Å². The van der Waals surface area contributed by atoms with Crippen molar-refractivity contribution in [1.82, 2.24) is 14.5 Å². The van der Waals surface area contributed by atoms with Crippen molar-refractivity contribution in [2.24, 2.45) is 0 Å². The standard InChI is InChI=1S/C54H37N5/c1-4-12-40(13-5-1)57(45-18-10-34-55-36-45)43-24-20-38(21-25-43)47-30-32-51-53-49(47)28-29-50-48(31-33-52(54(50)53)59(51)42-16-8-3-9-17-42)39-22-26-44(27-23-39)58(41-14-6-2-7-15-41)46-19-11-35-56-37-46/h1-37H. The van der Waals surface area contributed by atoms with E-state index in [4.69, 9.17) is 0 Å². The zero-order valence-electron chi connectivity index (χ0n) is 32.1. The first-order valence-corrected chi connectivity index (χ1v) is 19.9. The van der Waals surface area contributed by atoms with Crippen LogP contribution < -0.4 is 9.80 Å². The van der Waals surface area contributed by atoms with Crippen LogP contribution in [0.25, 0.3) is 60.5 Å². The SMILES string of the molecule is c1ccc(N(c2ccc(-c3ccc4c5c3ccc3c(-c6ccc(N(c7ccccc7)c7cccnc7)cc6)ccc(c35)n4-c3ccccc3)cc2)c2cccnc2)cc1. The highest BCUT2D eigenvalue weighted by Crippen LogP contribution is 2.46. The summed E-state index contributed by atoms with van der Waals surface area (Å²) in [6.07, 6.45) is 7.45. The van der Waals surface area contributed by atoms with Crippen molar-refractivity contribution >= 4 is 66.7 Å². The Morgan fingerprint density at radius 1 is 0.322 bits per heavy atom. The van der Waals surface area contributed by atoms with E-state index in [1.165, 1.54) is 54.8 Å². The molecular formula is C54H37N5. The Hall–Kier alpha value is -8.02. The Kier molecular flexibility index (Phi) is 8.41. The second-order valence-corrected chi connectivity index (χ2v) is 14.7. The van der Waals surface area contributed by atoms with E-state index in [1.807, 2.05) is 49.1 Å². The summed E-state index contributed by atoms with van der Waals surface area (Å²) in [6, 6.07) is 71.5. The fourth-order valence-corrected chi connectivity index (χ4v) is 8.72. The molecule has 0 aliphatic rings. The summed E-state index contributed by atoms with van der Waals surface area (Å²) in [7, 11) is 0. The number of benzene rings is 8. The van der Waals surface area contributed by atoms with Crippen LogP contribution in [0.5, 0.6) is 0 Å². The molecule has 3 aromatic heterocycles. The average Bonchev–Trinajstić information content (AvgIpc) is 3.66. The molecule has 0 saturated heterocycles. The van der Waals surface area contributed by atoms with Crippen molar-refractivity contribution in [3.05, 3.63) is 225 Å². The molecule has 0 unspecified atom stereocenters. The molecule has 0 aliphatic heterocycles. The number of para-hydroxylation sites is 3. The van der Waals surface area contributed by atoms with Gasteiger partial charge in [-0.3, -0.25) is 9.97 Å². The number of anilines is 6. The zero-order chi connectivity index (χ0) is 39.1. The molecule has 5 nitrogen and oxygen atoms in total. The van der Waals surface area contributed by atoms with E-state index in [-0.39, 0.29) is 0 Å². The van der Waals surface area contributed by atoms with Crippen molar-refractivity contribution in [1.29, 1.82) is 0 Å². The van der Waals surface area contributed by atoms with E-state index in [1.54, 1.807) is 0 Å². The number of pyridine rings is 2. The largest absolute Gasteiger partial charge is 0.309 e. The van der Waals surface area contributed by atoms with Crippen molar-refractivity contribution in [2.45, 2.75) is 0 Å². The lowest BCUT2D eigenvalue weighted by Gasteiger charge is -2.25. The maximum Gasteiger partial charge on any atom is 0.0644 e. The van der Waals surface area contributed by atoms with Crippen LogP contribution in [0.2, 0.25) is 0 Å². The molecule has 0 fully saturated rings. The van der Waals surface area contributed by atoms with E-state index in [0.29, 0.717) is 0 Å². The minimum Gasteiger partial charge on any atom is -0.309 e. The van der Waals surface area contributed by atoms with Crippen LogP contribution in [0.3, 0.4) is 0 Å². The van der Waals surface area contributed by atoms with E-state index in [9.17, 15) is 0 Å². The van der Waals surface area contributed by atoms with Gasteiger partial charge in [0.2, 0.25) is 0 Å². The Labute approximate surface area is 342 Å². The highest BCUT2D eigenvalue weighted by molar-refractivity contribution is 6.28. The molecule has 0 saturated carbocycles. The third-order valence-electron chi connectivity index (χ3n) is 11.3. The number of rotatable bonds is 9. The number of nitrogens with zero attached hydrogens (tertiary/aromatic N) is 5. The summed E-state index contributed by atoms with van der Waals surface area (Å²) >= 11 is 0. The highest BCUT2D eigenvalue weighted by Gasteiger charge is 2.22. The molecule has 0 bridgehead atoms. The topological polar surface area (TPSA) is 37.2 Å². The van der Waals surface area contributed by atoms with Gasteiger partial charge in [0.15, 0.2) is 0 Å². The van der Waals surface area contributed by atoms with E-state index < -0.39 is 0 Å². The van der Waals surface area contributed by atoms with Crippen LogP contribution in [0, 0.1) is 0 Å². The smallest absolute Gasteiger partial charge is 0.0644 e. The lowest BCUT2D eigenvalue weighted by molar-refractivity contribution is 1.18. The van der Waals surface area contributed by atoms with Crippen molar-refractivity contribution in [3.8, 4) is 27.9 Å². The first-order valence-electron chi connectivity index (χ1n) is 19.9. The Morgan fingerprint density at radius 3 is 1.12 bits per heavy atom. The van der Waals surface area contributed by atoms with Gasteiger partial charge in [0.05, 0.1) is 34.8 Å². The molecule has 0 aliphatic carbocycles. The van der Waals surface area contributed by atoms with Gasteiger partial charge < -0.3 is 14.4 Å². The van der Waals surface area contributed by atoms with Gasteiger partial charge in [-0.15, -0.1) is 0 Å². The quantitative estimate of drug-likeness (QED) is 0.138. The van der Waals surface area contributed by atoms with E-state index in [0.717, 1.165) is 39.8 Å². The molecule has 3 heterocycles. The summed E-state index contributed by atoms with van der Waals surface area (Å²) in [5.74, 6) is 0. The van der Waals surface area contributed by atoms with Gasteiger partial charge in [0.1, 0.15) is 0 Å². The molecule has 0 amide bonds. The van der Waals surface area contributed by atoms with E-state index >= 15 is 0 Å². The third kappa shape index (κ3) is 5.96. The molecule has 5 heteroatoms. The average molecular weight is 756 g/mol. The van der Waals surface area contributed by atoms with Crippen LogP contribution in [0.1, 0.15) is 0 Å². The molecule has 0 spiro atoms. The molecule has 11 rings (SSSR count). The van der Waals surface area contributed by atoms with Crippen LogP contribution in [-0.4, -0.2) is 14.5 Å². The first-order chi connectivity index (χ1) is 29.3. The van der Waals surface area contributed by atoms with Gasteiger partial charge in [-0.2, -0.15) is 0 Å². The van der Waals surface area contributed by atoms with Crippen molar-refractivity contribution < 1.29 is 0 Å². The van der Waals surface area contributed by atoms with Crippen LogP contribution >= 0.6 is 0 Å². The predicted molar refractivity (Wildman–Crippen MR) is 245 cm³/mol. The minimum atomic E-state index is 1.01. The van der Waals surface area contributed by atoms with E-state index in [2.05, 4.69) is 200 Å². The Bertz CT molecular complexity index is 2890. The first kappa shape index (κ1) is 34.2. The normalized spacial score (nSPS) is 11.4. The highest BCUT2D eigenvalue weighted by atomic mass is 15.2. The molecular weight excluding hydrogens is 719 g/mol. The summed E-state index contributed by atoms with van der Waals surface area (Å²) in [5.41, 5.74) is 14.6. The summed E-state index contributed by atoms with van der Waals surface area (Å²) in [5, 5.41) is 5.01. The Balaban J connectivity index is 1.04. The number of aromatic nitrogens is 3. The van der Waals surface area contributed by atoms with Crippen LogP contribution in [0.15, 0.2) is 225 Å². The molecule has 0 radical (unpaired) electrons. The fourth-order valence-electron chi connectivity index (χ4n) is 8.72. The molecule has 278 valence electrons. The van der Waals surface area contributed by atoms with Gasteiger partial charge >= 0.3 is 0 Å². The molecule has 0 N–H and O–H groups in total. The van der Waals surface area contributed by atoms with Crippen molar-refractivity contribution in [2.75, 3.05) is 9.80 Å². The van der Waals surface area contributed by atoms with Gasteiger partial charge in [-0.25, -0.2) is 0 Å². The summed E-state index contributed by atoms with van der Waals surface area (Å²) < 4.78 is 2.42. The van der Waals surface area contributed by atoms with Gasteiger partial charge in [0, 0.05) is 51.6 Å². The monoisotopic (exact) mass is 755 g/mol. The van der Waals surface area contributed by atoms with Gasteiger partial charge in [-0.1, -0.05) is 103 Å². The summed E-state index contributed by atoms with van der Waals surface area (Å²) in [6.45, 7) is 0. The second kappa shape index (κ2) is 14.5. The lowest BCUT2D eigenvalue weighted by atomic mass is 9.91. The lowest BCUT2D eigenvalue weighted by Crippen LogP contribution is -2.09. The second-order valence-electron chi connectivity index (χ2n) is 14.7. The Morgan fingerprint density at radius 2 is 0.712 bits per heavy atom. The van der Waals surface area contributed by atoms with Crippen molar-refractivity contribution in [3.63, 3.8) is 0 Å². The van der Waals surface area contributed by atoms with Crippen LogP contribution in [0.4, 0.5) is 34.1 Å². The third-order valence-corrected chi connectivity index (χ3v) is 11.3. The molecule has 11 aromatic rings. The predicted octanol–water partition coefficient (Wildman–Crippen LogP) is 14.4. The maximum absolute atomic E-state index is 4.43. The maximum atomic E-state index is 4.43. The van der Waals surface area contributed by atoms with Gasteiger partial charge in [-0.05, 0) is 130 Å². The summed E-state index contributed by atoms with van der Waals surface area (Å²) in [4.78, 5) is 13.4. The molecule has 59 heavy (non-hydrogen) atoms. The molecule has 0 atom stereocenters. The fraction of sp³-hybridized carbons (Fsp3) is 0. The minimum absolute atomic E-state index is 1.01. The van der Waals surface area contributed by atoms with Gasteiger partial charge in [0.25, 0.3) is 0 Å². The molecule has 8 aromatic carbocycles. The number of hydrogen-bond donors (Lipinski definition) is 0.